The van der Waals surface area contributed by atoms with E-state index in [9.17, 15) is 4.79 Å². The van der Waals surface area contributed by atoms with Gasteiger partial charge < -0.3 is 10.6 Å². The van der Waals surface area contributed by atoms with Crippen LogP contribution in [0.1, 0.15) is 46.0 Å². The van der Waals surface area contributed by atoms with Gasteiger partial charge in [-0.05, 0) is 69.6 Å². The molecule has 4 rings (SSSR count). The zero-order valence-electron chi connectivity index (χ0n) is 11.8. The average molecular weight is 261 g/mol. The van der Waals surface area contributed by atoms with Gasteiger partial charge in [-0.25, -0.2) is 4.79 Å². The number of carbonyl (C=O) groups is 1. The lowest BCUT2D eigenvalue weighted by Gasteiger charge is -2.54. The Bertz CT molecular complexity index is 396. The highest BCUT2D eigenvalue weighted by molar-refractivity contribution is 5.75. The number of carbonyl (C=O) groups excluding carboxylic acids is 1. The maximum absolute atomic E-state index is 12.0. The molecule has 2 N–H and O–H groups in total. The van der Waals surface area contributed by atoms with Crippen LogP contribution in [0.25, 0.3) is 0 Å². The summed E-state index contributed by atoms with van der Waals surface area (Å²) in [7, 11) is 0. The van der Waals surface area contributed by atoms with Crippen LogP contribution in [0.2, 0.25) is 0 Å². The molecule has 0 heterocycles. The molecule has 19 heavy (non-hydrogen) atoms. The Kier molecular flexibility index (Phi) is 2.96. The van der Waals surface area contributed by atoms with Gasteiger partial charge in [-0.2, -0.15) is 5.26 Å². The lowest BCUT2D eigenvalue weighted by Crippen LogP contribution is -2.59. The minimum Gasteiger partial charge on any atom is -0.335 e. The van der Waals surface area contributed by atoms with E-state index in [0.717, 1.165) is 11.8 Å². The summed E-state index contributed by atoms with van der Waals surface area (Å²) < 4.78 is 0. The van der Waals surface area contributed by atoms with Crippen LogP contribution in [0.15, 0.2) is 0 Å². The van der Waals surface area contributed by atoms with Crippen molar-refractivity contribution >= 4 is 6.03 Å². The van der Waals surface area contributed by atoms with Crippen molar-refractivity contribution < 1.29 is 4.79 Å². The molecule has 4 bridgehead atoms. The fraction of sp³-hybridized carbons (Fsp3) is 0.867. The number of hydrogen-bond donors (Lipinski definition) is 2. The second-order valence-electron chi connectivity index (χ2n) is 7.29. The Morgan fingerprint density at radius 1 is 1.11 bits per heavy atom. The Labute approximate surface area is 114 Å². The van der Waals surface area contributed by atoms with Crippen molar-refractivity contribution in [3.63, 3.8) is 0 Å². The van der Waals surface area contributed by atoms with Crippen molar-refractivity contribution in [1.29, 1.82) is 5.26 Å². The summed E-state index contributed by atoms with van der Waals surface area (Å²) in [4.78, 5) is 12.0. The highest BCUT2D eigenvalue weighted by Gasteiger charge is 2.48. The molecular formula is C15H23N3O. The summed E-state index contributed by atoms with van der Waals surface area (Å²) in [6, 6.07) is 2.26. The van der Waals surface area contributed by atoms with Crippen LogP contribution in [0.5, 0.6) is 0 Å². The normalized spacial score (nSPS) is 39.7. The smallest absolute Gasteiger partial charge is 0.316 e. The van der Waals surface area contributed by atoms with Gasteiger partial charge in [0.15, 0.2) is 0 Å². The maximum atomic E-state index is 12.0. The molecule has 0 atom stereocenters. The summed E-state index contributed by atoms with van der Waals surface area (Å²) in [6.07, 6.45) is 6.59. The Balaban J connectivity index is 1.62. The molecule has 0 saturated heterocycles. The summed E-state index contributed by atoms with van der Waals surface area (Å²) in [5, 5.41) is 14.9. The van der Waals surface area contributed by atoms with Gasteiger partial charge in [-0.1, -0.05) is 0 Å². The Hall–Kier alpha value is -1.24. The fourth-order valence-electron chi connectivity index (χ4n) is 4.66. The average Bonchev–Trinajstić information content (AvgIpc) is 2.32. The molecule has 4 heteroatoms. The number of nitriles is 1. The summed E-state index contributed by atoms with van der Waals surface area (Å²) in [5.74, 6) is 3.18. The van der Waals surface area contributed by atoms with Crippen molar-refractivity contribution in [3.05, 3.63) is 0 Å². The molecule has 0 unspecified atom stereocenters. The number of nitrogens with one attached hydrogen (secondary N) is 2. The van der Waals surface area contributed by atoms with Crippen LogP contribution in [0.3, 0.4) is 0 Å². The summed E-state index contributed by atoms with van der Waals surface area (Å²) in [5.41, 5.74) is -0.796. The molecule has 0 aromatic heterocycles. The monoisotopic (exact) mass is 261 g/mol. The Morgan fingerprint density at radius 3 is 2.11 bits per heavy atom. The van der Waals surface area contributed by atoms with Gasteiger partial charge in [0, 0.05) is 6.04 Å². The maximum Gasteiger partial charge on any atom is 0.316 e. The molecule has 104 valence electrons. The SMILES string of the molecule is CC(C)(C#N)NC(=O)NC1C2CC3CC(C2)CC1C3. The zero-order chi connectivity index (χ0) is 13.6. The van der Waals surface area contributed by atoms with E-state index in [2.05, 4.69) is 16.7 Å². The van der Waals surface area contributed by atoms with E-state index in [1.165, 1.54) is 32.1 Å². The van der Waals surface area contributed by atoms with Crippen molar-refractivity contribution in [3.8, 4) is 6.07 Å². The first-order chi connectivity index (χ1) is 8.97. The van der Waals surface area contributed by atoms with Gasteiger partial charge in [0.1, 0.15) is 5.54 Å². The van der Waals surface area contributed by atoms with E-state index in [1.54, 1.807) is 13.8 Å². The van der Waals surface area contributed by atoms with Crippen molar-refractivity contribution in [1.82, 2.24) is 10.6 Å². The highest BCUT2D eigenvalue weighted by atomic mass is 16.2. The molecule has 4 saturated carbocycles. The second-order valence-corrected chi connectivity index (χ2v) is 7.29. The van der Waals surface area contributed by atoms with Crippen LogP contribution in [0.4, 0.5) is 4.79 Å². The first-order valence-corrected chi connectivity index (χ1v) is 7.47. The lowest BCUT2D eigenvalue weighted by atomic mass is 9.54. The minimum atomic E-state index is -0.796. The van der Waals surface area contributed by atoms with Gasteiger partial charge in [-0.15, -0.1) is 0 Å². The predicted octanol–water partition coefficient (Wildman–Crippen LogP) is 2.41. The summed E-state index contributed by atoms with van der Waals surface area (Å²) in [6.45, 7) is 3.45. The molecule has 0 radical (unpaired) electrons. The number of nitrogens with zero attached hydrogens (tertiary/aromatic N) is 1. The minimum absolute atomic E-state index is 0.177. The molecular weight excluding hydrogens is 238 g/mol. The van der Waals surface area contributed by atoms with E-state index in [1.807, 2.05) is 0 Å². The van der Waals surface area contributed by atoms with Crippen LogP contribution in [-0.2, 0) is 0 Å². The number of amides is 2. The third-order valence-corrected chi connectivity index (χ3v) is 5.23. The highest BCUT2D eigenvalue weighted by Crippen LogP contribution is 2.53. The summed E-state index contributed by atoms with van der Waals surface area (Å²) >= 11 is 0. The topological polar surface area (TPSA) is 64.9 Å². The van der Waals surface area contributed by atoms with E-state index in [-0.39, 0.29) is 6.03 Å². The largest absolute Gasteiger partial charge is 0.335 e. The first kappa shape index (κ1) is 12.8. The second kappa shape index (κ2) is 4.40. The van der Waals surface area contributed by atoms with Gasteiger partial charge >= 0.3 is 6.03 Å². The van der Waals surface area contributed by atoms with E-state index in [4.69, 9.17) is 5.26 Å². The quantitative estimate of drug-likeness (QED) is 0.801. The van der Waals surface area contributed by atoms with Crippen molar-refractivity contribution in [2.24, 2.45) is 23.7 Å². The van der Waals surface area contributed by atoms with Crippen molar-refractivity contribution in [2.75, 3.05) is 0 Å². The van der Waals surface area contributed by atoms with Crippen LogP contribution in [0, 0.1) is 35.0 Å². The van der Waals surface area contributed by atoms with E-state index >= 15 is 0 Å². The van der Waals surface area contributed by atoms with Gasteiger partial charge in [0.05, 0.1) is 6.07 Å². The molecule has 0 aromatic rings. The molecule has 4 fully saturated rings. The molecule has 4 aliphatic carbocycles. The molecule has 0 spiro atoms. The third kappa shape index (κ3) is 2.43. The van der Waals surface area contributed by atoms with E-state index in [0.29, 0.717) is 17.9 Å². The van der Waals surface area contributed by atoms with Crippen LogP contribution >= 0.6 is 0 Å². The first-order valence-electron chi connectivity index (χ1n) is 7.47. The fourth-order valence-corrected chi connectivity index (χ4v) is 4.66. The standard InChI is InChI=1S/C15H23N3O/c1-15(2,8-16)18-14(19)17-13-11-4-9-3-10(6-11)7-12(13)5-9/h9-13H,3-7H2,1-2H3,(H2,17,18,19). The zero-order valence-corrected chi connectivity index (χ0v) is 11.8. The van der Waals surface area contributed by atoms with Crippen LogP contribution < -0.4 is 10.6 Å². The Morgan fingerprint density at radius 2 is 1.63 bits per heavy atom. The molecule has 4 aliphatic rings. The van der Waals surface area contributed by atoms with Crippen molar-refractivity contribution in [2.45, 2.75) is 57.5 Å². The third-order valence-electron chi connectivity index (χ3n) is 5.23. The number of rotatable bonds is 2. The molecule has 0 aromatic carbocycles. The number of hydrogen-bond acceptors (Lipinski definition) is 2. The van der Waals surface area contributed by atoms with Crippen LogP contribution in [-0.4, -0.2) is 17.6 Å². The molecule has 4 nitrogen and oxygen atoms in total. The van der Waals surface area contributed by atoms with Gasteiger partial charge in [0.25, 0.3) is 0 Å². The van der Waals surface area contributed by atoms with E-state index < -0.39 is 5.54 Å². The predicted molar refractivity (Wildman–Crippen MR) is 72.2 cm³/mol. The molecule has 2 amide bonds. The van der Waals surface area contributed by atoms with Gasteiger partial charge in [-0.3, -0.25) is 0 Å². The lowest BCUT2D eigenvalue weighted by molar-refractivity contribution is -0.00957. The molecule has 0 aliphatic heterocycles. The van der Waals surface area contributed by atoms with Gasteiger partial charge in [0.2, 0.25) is 0 Å². The number of urea groups is 1.